The first-order valence-electron chi connectivity index (χ1n) is 14.2. The lowest BCUT2D eigenvalue weighted by atomic mass is 9.95. The zero-order valence-corrected chi connectivity index (χ0v) is 24.2. The number of fused-ring (bicyclic) bond motifs is 3. The predicted molar refractivity (Wildman–Crippen MR) is 169 cm³/mol. The number of benzene rings is 4. The van der Waals surface area contributed by atoms with E-state index in [4.69, 9.17) is 9.47 Å². The Bertz CT molecular complexity index is 2130. The van der Waals surface area contributed by atoms with Gasteiger partial charge in [0.15, 0.2) is 0 Å². The molecule has 0 saturated heterocycles. The number of para-hydroxylation sites is 1. The molecule has 0 aliphatic heterocycles. The molecule has 218 valence electrons. The first kappa shape index (κ1) is 27.3. The van der Waals surface area contributed by atoms with Crippen LogP contribution in [0.15, 0.2) is 110 Å². The van der Waals surface area contributed by atoms with Gasteiger partial charge in [0, 0.05) is 46.9 Å². The topological polar surface area (TPSA) is 54.1 Å². The maximum absolute atomic E-state index is 13.9. The lowest BCUT2D eigenvalue weighted by molar-refractivity contribution is 0.414. The average Bonchev–Trinajstić information content (AvgIpc) is 3.67. The van der Waals surface area contributed by atoms with Gasteiger partial charge in [0.2, 0.25) is 0 Å². The molecule has 7 rings (SSSR count). The Morgan fingerprint density at radius 3 is 2.32 bits per heavy atom. The van der Waals surface area contributed by atoms with Crippen molar-refractivity contribution in [3.05, 3.63) is 126 Å². The van der Waals surface area contributed by atoms with E-state index in [1.165, 1.54) is 0 Å². The fourth-order valence-electron chi connectivity index (χ4n) is 5.85. The van der Waals surface area contributed by atoms with Crippen molar-refractivity contribution in [3.8, 4) is 39.9 Å². The second-order valence-corrected chi connectivity index (χ2v) is 10.6. The normalized spacial score (nSPS) is 11.4. The number of pyridine rings is 1. The van der Waals surface area contributed by atoms with Gasteiger partial charge in [-0.05, 0) is 60.0 Å². The summed E-state index contributed by atoms with van der Waals surface area (Å²) in [7, 11) is 1.64. The van der Waals surface area contributed by atoms with E-state index in [-0.39, 0.29) is 0 Å². The Morgan fingerprint density at radius 1 is 0.750 bits per heavy atom. The quantitative estimate of drug-likeness (QED) is 0.178. The van der Waals surface area contributed by atoms with E-state index in [2.05, 4.69) is 32.8 Å². The van der Waals surface area contributed by atoms with Crippen LogP contribution in [0.3, 0.4) is 0 Å². The summed E-state index contributed by atoms with van der Waals surface area (Å²) in [4.78, 5) is 4.63. The number of aryl methyl sites for hydroxylation is 1. The smallest absolute Gasteiger partial charge is 0.141 e. The standard InChI is InChI=1S/C36H28F2N4O2/c1-23-14-24(19-37)36(25(15-23)20-38)26-21-40-41(22-26)27-6-5-7-29(16-27)44-30-10-11-32-31-8-3-4-9-33(31)42(34(32)17-30)35-18-28(43-2)12-13-39-35/h3-18,21-22H,19-20H2,1-2H3. The first-order valence-corrected chi connectivity index (χ1v) is 14.2. The molecule has 0 amide bonds. The van der Waals surface area contributed by atoms with Gasteiger partial charge < -0.3 is 9.47 Å². The van der Waals surface area contributed by atoms with Gasteiger partial charge in [0.05, 0.1) is 30.0 Å². The molecule has 0 bridgehead atoms. The van der Waals surface area contributed by atoms with Crippen LogP contribution in [0.4, 0.5) is 8.78 Å². The molecule has 0 fully saturated rings. The van der Waals surface area contributed by atoms with E-state index in [1.807, 2.05) is 67.6 Å². The van der Waals surface area contributed by atoms with Crippen molar-refractivity contribution in [2.45, 2.75) is 20.3 Å². The van der Waals surface area contributed by atoms with E-state index >= 15 is 0 Å². The highest BCUT2D eigenvalue weighted by Crippen LogP contribution is 2.36. The van der Waals surface area contributed by atoms with Gasteiger partial charge in [0.1, 0.15) is 36.4 Å². The maximum atomic E-state index is 13.9. The molecular formula is C36H28F2N4O2. The van der Waals surface area contributed by atoms with E-state index < -0.39 is 13.3 Å². The van der Waals surface area contributed by atoms with Gasteiger partial charge in [-0.1, -0.05) is 42.0 Å². The predicted octanol–water partition coefficient (Wildman–Crippen LogP) is 9.08. The van der Waals surface area contributed by atoms with E-state index in [0.29, 0.717) is 33.8 Å². The Labute approximate surface area is 252 Å². The van der Waals surface area contributed by atoms with Crippen molar-refractivity contribution < 1.29 is 18.3 Å². The SMILES string of the molecule is COc1ccnc(-n2c3ccccc3c3ccc(Oc4cccc(-n5cc(-c6c(CF)cc(C)cc6CF)cn5)c4)cc32)c1. The Morgan fingerprint density at radius 2 is 1.52 bits per heavy atom. The van der Waals surface area contributed by atoms with Gasteiger partial charge in [-0.25, -0.2) is 18.4 Å². The van der Waals surface area contributed by atoms with Crippen LogP contribution >= 0.6 is 0 Å². The van der Waals surface area contributed by atoms with Crippen molar-refractivity contribution in [2.75, 3.05) is 7.11 Å². The van der Waals surface area contributed by atoms with Gasteiger partial charge in [-0.15, -0.1) is 0 Å². The van der Waals surface area contributed by atoms with Crippen LogP contribution in [0, 0.1) is 6.92 Å². The van der Waals surface area contributed by atoms with Gasteiger partial charge in [-0.3, -0.25) is 4.57 Å². The number of nitrogens with zero attached hydrogens (tertiary/aromatic N) is 4. The van der Waals surface area contributed by atoms with E-state index in [0.717, 1.165) is 44.6 Å². The van der Waals surface area contributed by atoms with Gasteiger partial charge in [0.25, 0.3) is 0 Å². The number of ether oxygens (including phenoxy) is 2. The molecule has 0 spiro atoms. The third kappa shape index (κ3) is 4.84. The Balaban J connectivity index is 1.25. The second kappa shape index (κ2) is 11.3. The Kier molecular flexibility index (Phi) is 7.02. The van der Waals surface area contributed by atoms with Crippen LogP contribution in [-0.4, -0.2) is 26.4 Å². The minimum atomic E-state index is -0.685. The number of rotatable bonds is 8. The lowest BCUT2D eigenvalue weighted by Crippen LogP contribution is -1.98. The first-order chi connectivity index (χ1) is 21.6. The van der Waals surface area contributed by atoms with Crippen LogP contribution < -0.4 is 9.47 Å². The largest absolute Gasteiger partial charge is 0.497 e. The molecule has 8 heteroatoms. The van der Waals surface area contributed by atoms with Crippen molar-refractivity contribution in [3.63, 3.8) is 0 Å². The molecule has 0 N–H and O–H groups in total. The summed E-state index contributed by atoms with van der Waals surface area (Å²) in [5.74, 6) is 2.73. The third-order valence-electron chi connectivity index (χ3n) is 7.75. The molecule has 0 unspecified atom stereocenters. The fourth-order valence-corrected chi connectivity index (χ4v) is 5.85. The van der Waals surface area contributed by atoms with Crippen LogP contribution in [0.1, 0.15) is 16.7 Å². The zero-order valence-electron chi connectivity index (χ0n) is 24.2. The summed E-state index contributed by atoms with van der Waals surface area (Å²) < 4.78 is 43.4. The van der Waals surface area contributed by atoms with Crippen LogP contribution in [0.5, 0.6) is 17.2 Å². The molecule has 3 heterocycles. The zero-order chi connectivity index (χ0) is 30.2. The minimum Gasteiger partial charge on any atom is -0.497 e. The molecule has 0 saturated carbocycles. The van der Waals surface area contributed by atoms with Crippen molar-refractivity contribution in [1.29, 1.82) is 0 Å². The fraction of sp³-hybridized carbons (Fsp3) is 0.111. The van der Waals surface area contributed by atoms with Crippen LogP contribution in [0.2, 0.25) is 0 Å². The lowest BCUT2D eigenvalue weighted by Gasteiger charge is -2.11. The molecule has 0 radical (unpaired) electrons. The number of alkyl halides is 2. The number of hydrogen-bond donors (Lipinski definition) is 0. The third-order valence-corrected chi connectivity index (χ3v) is 7.75. The van der Waals surface area contributed by atoms with E-state index in [1.54, 1.807) is 42.5 Å². The summed E-state index contributed by atoms with van der Waals surface area (Å²) in [6, 6.07) is 29.0. The number of halogens is 2. The summed E-state index contributed by atoms with van der Waals surface area (Å²) in [6.45, 7) is 0.468. The molecule has 3 aromatic heterocycles. The summed E-state index contributed by atoms with van der Waals surface area (Å²) in [5.41, 5.74) is 5.65. The summed E-state index contributed by atoms with van der Waals surface area (Å²) in [5, 5.41) is 6.69. The molecular weight excluding hydrogens is 558 g/mol. The number of aromatic nitrogens is 4. The highest BCUT2D eigenvalue weighted by Gasteiger charge is 2.16. The molecule has 0 atom stereocenters. The molecule has 0 aliphatic carbocycles. The summed E-state index contributed by atoms with van der Waals surface area (Å²) in [6.07, 6.45) is 5.15. The summed E-state index contributed by atoms with van der Waals surface area (Å²) >= 11 is 0. The monoisotopic (exact) mass is 586 g/mol. The minimum absolute atomic E-state index is 0.450. The molecule has 44 heavy (non-hydrogen) atoms. The van der Waals surface area contributed by atoms with Crippen molar-refractivity contribution in [2.24, 2.45) is 0 Å². The number of hydrogen-bond acceptors (Lipinski definition) is 4. The van der Waals surface area contributed by atoms with Gasteiger partial charge in [-0.2, -0.15) is 5.10 Å². The highest BCUT2D eigenvalue weighted by molar-refractivity contribution is 6.09. The molecule has 4 aromatic carbocycles. The molecule has 7 aromatic rings. The average molecular weight is 587 g/mol. The molecule has 6 nitrogen and oxygen atoms in total. The van der Waals surface area contributed by atoms with Gasteiger partial charge >= 0.3 is 0 Å². The van der Waals surface area contributed by atoms with Crippen LogP contribution in [-0.2, 0) is 13.3 Å². The van der Waals surface area contributed by atoms with Crippen molar-refractivity contribution in [1.82, 2.24) is 19.3 Å². The molecule has 0 aliphatic rings. The van der Waals surface area contributed by atoms with E-state index in [9.17, 15) is 8.78 Å². The van der Waals surface area contributed by atoms with Crippen molar-refractivity contribution >= 4 is 21.8 Å². The second-order valence-electron chi connectivity index (χ2n) is 10.6. The highest BCUT2D eigenvalue weighted by atomic mass is 19.1. The van der Waals surface area contributed by atoms with Crippen LogP contribution in [0.25, 0.3) is 44.4 Å². The Hall–Kier alpha value is -5.50. The maximum Gasteiger partial charge on any atom is 0.141 e. The number of methoxy groups -OCH3 is 1.